The Kier molecular flexibility index (Phi) is 7.54. The van der Waals surface area contributed by atoms with E-state index in [1.165, 1.54) is 0 Å². The van der Waals surface area contributed by atoms with Gasteiger partial charge in [-0.05, 0) is 32.9 Å². The summed E-state index contributed by atoms with van der Waals surface area (Å²) in [5.41, 5.74) is 0. The molecule has 0 radical (unpaired) electrons. The molecule has 0 aliphatic heterocycles. The molecule has 1 unspecified atom stereocenters. The smallest absolute Gasteiger partial charge is 0.303 e. The second kappa shape index (κ2) is 8.06. The van der Waals surface area contributed by atoms with E-state index in [9.17, 15) is 9.59 Å². The third-order valence-corrected chi connectivity index (χ3v) is 2.63. The maximum Gasteiger partial charge on any atom is 0.303 e. The van der Waals surface area contributed by atoms with Crippen LogP contribution >= 0.6 is 0 Å². The van der Waals surface area contributed by atoms with Crippen molar-refractivity contribution in [2.24, 2.45) is 5.92 Å². The van der Waals surface area contributed by atoms with Gasteiger partial charge >= 0.3 is 5.97 Å². The highest BCUT2D eigenvalue weighted by molar-refractivity contribution is 5.81. The molecule has 0 heterocycles. The first-order valence-electron chi connectivity index (χ1n) is 6.04. The number of hydrogen-bond acceptors (Lipinski definition) is 3. The number of rotatable bonds is 8. The van der Waals surface area contributed by atoms with Gasteiger partial charge in [-0.2, -0.15) is 0 Å². The van der Waals surface area contributed by atoms with Crippen molar-refractivity contribution in [1.29, 1.82) is 0 Å². The van der Waals surface area contributed by atoms with Crippen LogP contribution in [0.1, 0.15) is 33.6 Å². The van der Waals surface area contributed by atoms with E-state index in [1.807, 2.05) is 32.7 Å². The molecule has 0 saturated carbocycles. The van der Waals surface area contributed by atoms with Crippen LogP contribution in [0.2, 0.25) is 0 Å². The fourth-order valence-electron chi connectivity index (χ4n) is 1.33. The zero-order chi connectivity index (χ0) is 13.4. The monoisotopic (exact) mass is 244 g/mol. The van der Waals surface area contributed by atoms with Crippen LogP contribution in [0.15, 0.2) is 0 Å². The van der Waals surface area contributed by atoms with E-state index in [0.717, 1.165) is 0 Å². The van der Waals surface area contributed by atoms with Crippen molar-refractivity contribution in [2.45, 2.75) is 39.7 Å². The molecule has 2 N–H and O–H groups in total. The molecule has 0 aromatic carbocycles. The second-order valence-electron chi connectivity index (χ2n) is 4.79. The molecule has 1 atom stereocenters. The van der Waals surface area contributed by atoms with Crippen molar-refractivity contribution in [2.75, 3.05) is 20.1 Å². The summed E-state index contributed by atoms with van der Waals surface area (Å²) in [7, 11) is 1.83. The Morgan fingerprint density at radius 2 is 1.88 bits per heavy atom. The fraction of sp³-hybridized carbons (Fsp3) is 0.833. The summed E-state index contributed by atoms with van der Waals surface area (Å²) < 4.78 is 0. The summed E-state index contributed by atoms with van der Waals surface area (Å²) in [5.74, 6) is -0.365. The van der Waals surface area contributed by atoms with E-state index < -0.39 is 5.97 Å². The number of carboxylic acid groups (broad SMARTS) is 1. The Labute approximate surface area is 103 Å². The van der Waals surface area contributed by atoms with Crippen LogP contribution in [-0.2, 0) is 9.59 Å². The van der Waals surface area contributed by atoms with Gasteiger partial charge in [-0.1, -0.05) is 13.8 Å². The van der Waals surface area contributed by atoms with Gasteiger partial charge in [0.2, 0.25) is 5.91 Å². The number of carbonyl (C=O) groups excluding carboxylic acids is 1. The van der Waals surface area contributed by atoms with Crippen LogP contribution in [0.25, 0.3) is 0 Å². The number of likely N-dealkylation sites (N-methyl/N-ethyl adjacent to an activating group) is 1. The van der Waals surface area contributed by atoms with Crippen LogP contribution < -0.4 is 5.32 Å². The zero-order valence-electron chi connectivity index (χ0n) is 11.2. The van der Waals surface area contributed by atoms with Gasteiger partial charge in [0.15, 0.2) is 0 Å². The SMILES string of the molecule is CC(C)CNC(=O)C(C)N(C)CCCC(=O)O. The van der Waals surface area contributed by atoms with E-state index in [4.69, 9.17) is 5.11 Å². The summed E-state index contributed by atoms with van der Waals surface area (Å²) in [5, 5.41) is 11.4. The highest BCUT2D eigenvalue weighted by Gasteiger charge is 2.17. The standard InChI is InChI=1S/C12H24N2O3/c1-9(2)8-13-12(17)10(3)14(4)7-5-6-11(15)16/h9-10H,5-8H2,1-4H3,(H,13,17)(H,15,16). The number of carboxylic acids is 1. The first-order valence-corrected chi connectivity index (χ1v) is 6.04. The molecule has 0 spiro atoms. The maximum atomic E-state index is 11.7. The zero-order valence-corrected chi connectivity index (χ0v) is 11.2. The molecule has 0 aromatic heterocycles. The molecule has 0 fully saturated rings. The molecule has 0 bridgehead atoms. The lowest BCUT2D eigenvalue weighted by atomic mass is 10.2. The lowest BCUT2D eigenvalue weighted by Crippen LogP contribution is -2.44. The Hall–Kier alpha value is -1.10. The Balaban J connectivity index is 3.89. The van der Waals surface area contributed by atoms with E-state index in [2.05, 4.69) is 5.32 Å². The Morgan fingerprint density at radius 1 is 1.29 bits per heavy atom. The summed E-state index contributed by atoms with van der Waals surface area (Å²) >= 11 is 0. The highest BCUT2D eigenvalue weighted by atomic mass is 16.4. The quantitative estimate of drug-likeness (QED) is 0.667. The van der Waals surface area contributed by atoms with Crippen molar-refractivity contribution < 1.29 is 14.7 Å². The third kappa shape index (κ3) is 7.74. The van der Waals surface area contributed by atoms with Gasteiger partial charge in [0.05, 0.1) is 6.04 Å². The fourth-order valence-corrected chi connectivity index (χ4v) is 1.33. The van der Waals surface area contributed by atoms with Crippen molar-refractivity contribution in [1.82, 2.24) is 10.2 Å². The molecule has 17 heavy (non-hydrogen) atoms. The molecule has 0 saturated heterocycles. The van der Waals surface area contributed by atoms with Crippen LogP contribution in [-0.4, -0.2) is 48.1 Å². The van der Waals surface area contributed by atoms with E-state index in [1.54, 1.807) is 0 Å². The van der Waals surface area contributed by atoms with E-state index in [-0.39, 0.29) is 18.4 Å². The average molecular weight is 244 g/mol. The van der Waals surface area contributed by atoms with Gasteiger partial charge in [-0.25, -0.2) is 0 Å². The van der Waals surface area contributed by atoms with Crippen LogP contribution in [0.3, 0.4) is 0 Å². The van der Waals surface area contributed by atoms with Crippen molar-refractivity contribution in [3.63, 3.8) is 0 Å². The normalized spacial score (nSPS) is 12.8. The predicted molar refractivity (Wildman–Crippen MR) is 66.8 cm³/mol. The number of nitrogens with zero attached hydrogens (tertiary/aromatic N) is 1. The molecule has 100 valence electrons. The number of carbonyl (C=O) groups is 2. The van der Waals surface area contributed by atoms with Gasteiger partial charge in [0, 0.05) is 13.0 Å². The second-order valence-corrected chi connectivity index (χ2v) is 4.79. The first kappa shape index (κ1) is 15.9. The summed E-state index contributed by atoms with van der Waals surface area (Å²) in [6, 6.07) is -0.220. The Bertz CT molecular complexity index is 254. The topological polar surface area (TPSA) is 69.6 Å². The number of aliphatic carboxylic acids is 1. The molecule has 0 rings (SSSR count). The minimum atomic E-state index is -0.796. The Morgan fingerprint density at radius 3 is 2.35 bits per heavy atom. The molecule has 1 amide bonds. The minimum Gasteiger partial charge on any atom is -0.481 e. The molecular weight excluding hydrogens is 220 g/mol. The largest absolute Gasteiger partial charge is 0.481 e. The maximum absolute atomic E-state index is 11.7. The van der Waals surface area contributed by atoms with Gasteiger partial charge in [0.25, 0.3) is 0 Å². The van der Waals surface area contributed by atoms with Crippen molar-refractivity contribution in [3.05, 3.63) is 0 Å². The molecule has 5 nitrogen and oxygen atoms in total. The molecule has 0 aliphatic rings. The molecule has 0 aliphatic carbocycles. The van der Waals surface area contributed by atoms with Crippen molar-refractivity contribution in [3.8, 4) is 0 Å². The summed E-state index contributed by atoms with van der Waals surface area (Å²) in [6.07, 6.45) is 0.707. The summed E-state index contributed by atoms with van der Waals surface area (Å²) in [4.78, 5) is 24.0. The third-order valence-electron chi connectivity index (χ3n) is 2.63. The minimum absolute atomic E-state index is 0.00322. The van der Waals surface area contributed by atoms with Crippen LogP contribution in [0.5, 0.6) is 0 Å². The lowest BCUT2D eigenvalue weighted by molar-refractivity contribution is -0.137. The lowest BCUT2D eigenvalue weighted by Gasteiger charge is -2.23. The molecular formula is C12H24N2O3. The number of nitrogens with one attached hydrogen (secondary N) is 1. The van der Waals surface area contributed by atoms with E-state index in [0.29, 0.717) is 25.4 Å². The van der Waals surface area contributed by atoms with Crippen LogP contribution in [0.4, 0.5) is 0 Å². The predicted octanol–water partition coefficient (Wildman–Crippen LogP) is 0.944. The van der Waals surface area contributed by atoms with Gasteiger partial charge in [-0.3, -0.25) is 14.5 Å². The number of hydrogen-bond donors (Lipinski definition) is 2. The number of amides is 1. The van der Waals surface area contributed by atoms with Gasteiger partial charge < -0.3 is 10.4 Å². The van der Waals surface area contributed by atoms with Crippen LogP contribution in [0, 0.1) is 5.92 Å². The van der Waals surface area contributed by atoms with Gasteiger partial charge in [-0.15, -0.1) is 0 Å². The molecule has 5 heteroatoms. The summed E-state index contributed by atoms with van der Waals surface area (Å²) in [6.45, 7) is 7.20. The highest BCUT2D eigenvalue weighted by Crippen LogP contribution is 2.00. The van der Waals surface area contributed by atoms with Gasteiger partial charge in [0.1, 0.15) is 0 Å². The average Bonchev–Trinajstić information content (AvgIpc) is 2.24. The molecule has 0 aromatic rings. The van der Waals surface area contributed by atoms with E-state index >= 15 is 0 Å². The van der Waals surface area contributed by atoms with Crippen molar-refractivity contribution >= 4 is 11.9 Å². The first-order chi connectivity index (χ1) is 7.84.